The van der Waals surface area contributed by atoms with E-state index in [2.05, 4.69) is 60.4 Å². The molecule has 0 bridgehead atoms. The van der Waals surface area contributed by atoms with Gasteiger partial charge in [0.25, 0.3) is 0 Å². The van der Waals surface area contributed by atoms with Gasteiger partial charge in [-0.05, 0) is 50.5 Å². The lowest BCUT2D eigenvalue weighted by molar-refractivity contribution is -0.124. The van der Waals surface area contributed by atoms with Gasteiger partial charge in [0.1, 0.15) is 5.78 Å². The number of benzene rings is 1. The van der Waals surface area contributed by atoms with Gasteiger partial charge in [0.2, 0.25) is 0 Å². The van der Waals surface area contributed by atoms with Gasteiger partial charge in [-0.15, -0.1) is 0 Å². The second-order valence-electron chi connectivity index (χ2n) is 7.96. The number of nitrogens with zero attached hydrogens (tertiary/aromatic N) is 1. The molecule has 0 spiro atoms. The van der Waals surface area contributed by atoms with Crippen LogP contribution in [0, 0.1) is 17.8 Å². The number of ketones is 1. The maximum Gasteiger partial charge on any atom is 0.140 e. The number of aryl methyl sites for hydroxylation is 1. The summed E-state index contributed by atoms with van der Waals surface area (Å²) in [4.78, 5) is 14.9. The van der Waals surface area contributed by atoms with Crippen molar-refractivity contribution < 1.29 is 4.79 Å². The van der Waals surface area contributed by atoms with E-state index in [9.17, 15) is 4.79 Å². The van der Waals surface area contributed by atoms with Crippen molar-refractivity contribution in [3.05, 3.63) is 59.8 Å². The van der Waals surface area contributed by atoms with E-state index < -0.39 is 0 Å². The molecule has 1 fully saturated rings. The third-order valence-electron chi connectivity index (χ3n) is 6.45. The van der Waals surface area contributed by atoms with Crippen molar-refractivity contribution in [2.24, 2.45) is 17.8 Å². The van der Waals surface area contributed by atoms with Crippen LogP contribution in [0.5, 0.6) is 0 Å². The first-order chi connectivity index (χ1) is 12.2. The lowest BCUT2D eigenvalue weighted by Gasteiger charge is -2.48. The zero-order valence-electron chi connectivity index (χ0n) is 15.2. The summed E-state index contributed by atoms with van der Waals surface area (Å²) in [6.45, 7) is 3.50. The minimum absolute atomic E-state index is 0.248. The molecule has 25 heavy (non-hydrogen) atoms. The molecule has 0 N–H and O–H groups in total. The highest BCUT2D eigenvalue weighted by molar-refractivity contribution is 5.84. The van der Waals surface area contributed by atoms with Crippen LogP contribution in [-0.2, 0) is 11.2 Å². The maximum atomic E-state index is 12.3. The van der Waals surface area contributed by atoms with Crippen molar-refractivity contribution in [1.82, 2.24) is 4.90 Å². The molecule has 0 saturated carbocycles. The van der Waals surface area contributed by atoms with E-state index in [0.717, 1.165) is 19.4 Å². The summed E-state index contributed by atoms with van der Waals surface area (Å²) >= 11 is 0. The second-order valence-corrected chi connectivity index (χ2v) is 7.96. The van der Waals surface area contributed by atoms with Gasteiger partial charge in [-0.1, -0.05) is 48.6 Å². The van der Waals surface area contributed by atoms with Crippen molar-refractivity contribution in [2.75, 3.05) is 6.54 Å². The van der Waals surface area contributed by atoms with Crippen molar-refractivity contribution >= 4 is 5.78 Å². The van der Waals surface area contributed by atoms with Crippen LogP contribution in [0.3, 0.4) is 0 Å². The molecule has 3 unspecified atom stereocenters. The monoisotopic (exact) mass is 335 g/mol. The Morgan fingerprint density at radius 2 is 1.96 bits per heavy atom. The van der Waals surface area contributed by atoms with Crippen LogP contribution < -0.4 is 0 Å². The molecule has 1 saturated heterocycles. The number of carbonyl (C=O) groups excluding carboxylic acids is 1. The number of Topliss-reactive ketones (excluding diaryl/α,β-unsaturated/α-hetero) is 1. The Morgan fingerprint density at radius 3 is 2.80 bits per heavy atom. The normalized spacial score (nSPS) is 31.3. The summed E-state index contributed by atoms with van der Waals surface area (Å²) in [5, 5.41) is 0. The fourth-order valence-electron chi connectivity index (χ4n) is 5.09. The largest absolute Gasteiger partial charge is 0.372 e. The molecule has 4 atom stereocenters. The minimum atomic E-state index is 0.248. The van der Waals surface area contributed by atoms with Crippen molar-refractivity contribution in [2.45, 2.75) is 51.5 Å². The highest BCUT2D eigenvalue weighted by Gasteiger charge is 2.42. The number of hydrogen-bond donors (Lipinski definition) is 0. The molecule has 2 aliphatic carbocycles. The Morgan fingerprint density at radius 1 is 1.12 bits per heavy atom. The first-order valence-corrected chi connectivity index (χ1v) is 9.94. The van der Waals surface area contributed by atoms with Gasteiger partial charge in [-0.25, -0.2) is 0 Å². The first-order valence-electron chi connectivity index (χ1n) is 9.94. The topological polar surface area (TPSA) is 20.3 Å². The highest BCUT2D eigenvalue weighted by Crippen LogP contribution is 2.46. The van der Waals surface area contributed by atoms with Gasteiger partial charge in [-0.3, -0.25) is 4.79 Å². The van der Waals surface area contributed by atoms with Gasteiger partial charge in [0, 0.05) is 36.5 Å². The van der Waals surface area contributed by atoms with Crippen molar-refractivity contribution in [3.63, 3.8) is 0 Å². The predicted molar refractivity (Wildman–Crippen MR) is 102 cm³/mol. The minimum Gasteiger partial charge on any atom is -0.372 e. The molecule has 0 aromatic heterocycles. The van der Waals surface area contributed by atoms with Crippen LogP contribution >= 0.6 is 0 Å². The Bertz CT molecular complexity index is 675. The smallest absolute Gasteiger partial charge is 0.140 e. The van der Waals surface area contributed by atoms with Gasteiger partial charge >= 0.3 is 0 Å². The fraction of sp³-hybridized carbons (Fsp3) is 0.522. The SMILES string of the molecule is CC1CC[C@@H]2C(=CCC3C(=O)CC=CC32)N1CCCc1ccccc1. The van der Waals surface area contributed by atoms with Crippen LogP contribution in [0.15, 0.2) is 54.3 Å². The van der Waals surface area contributed by atoms with E-state index in [-0.39, 0.29) is 5.92 Å². The number of likely N-dealkylation sites (tertiary alicyclic amines) is 1. The van der Waals surface area contributed by atoms with Gasteiger partial charge < -0.3 is 4.90 Å². The summed E-state index contributed by atoms with van der Waals surface area (Å²) in [6, 6.07) is 11.4. The Hall–Kier alpha value is -1.83. The summed E-state index contributed by atoms with van der Waals surface area (Å²) < 4.78 is 0. The highest BCUT2D eigenvalue weighted by atomic mass is 16.1. The van der Waals surface area contributed by atoms with Gasteiger partial charge in [0.05, 0.1) is 0 Å². The molecule has 1 aromatic rings. The molecule has 0 radical (unpaired) electrons. The van der Waals surface area contributed by atoms with Crippen LogP contribution in [0.1, 0.15) is 44.6 Å². The van der Waals surface area contributed by atoms with Crippen LogP contribution in [0.4, 0.5) is 0 Å². The number of hydrogen-bond acceptors (Lipinski definition) is 2. The molecular weight excluding hydrogens is 306 g/mol. The lowest BCUT2D eigenvalue weighted by atomic mass is 9.66. The van der Waals surface area contributed by atoms with Crippen LogP contribution in [0.25, 0.3) is 0 Å². The number of fused-ring (bicyclic) bond motifs is 3. The van der Waals surface area contributed by atoms with Crippen LogP contribution in [-0.4, -0.2) is 23.3 Å². The predicted octanol–water partition coefficient (Wildman–Crippen LogP) is 4.77. The van der Waals surface area contributed by atoms with E-state index in [1.807, 2.05) is 0 Å². The summed E-state index contributed by atoms with van der Waals surface area (Å²) in [6.07, 6.45) is 13.3. The molecule has 1 aliphatic heterocycles. The molecular formula is C23H29NO. The average Bonchev–Trinajstić information content (AvgIpc) is 2.64. The maximum absolute atomic E-state index is 12.3. The Labute approximate surface area is 151 Å². The van der Waals surface area contributed by atoms with E-state index in [0.29, 0.717) is 30.1 Å². The number of piperidine rings is 1. The summed E-state index contributed by atoms with van der Waals surface area (Å²) in [5.41, 5.74) is 2.97. The number of allylic oxidation sites excluding steroid dienone is 4. The second kappa shape index (κ2) is 7.19. The molecule has 4 rings (SSSR count). The van der Waals surface area contributed by atoms with E-state index in [1.54, 1.807) is 0 Å². The third kappa shape index (κ3) is 3.31. The molecule has 1 aromatic carbocycles. The molecule has 1 heterocycles. The van der Waals surface area contributed by atoms with E-state index in [1.165, 1.54) is 30.5 Å². The van der Waals surface area contributed by atoms with E-state index >= 15 is 0 Å². The molecule has 0 amide bonds. The standard InChI is InChI=1S/C23H29NO/c1-17-12-13-20-19-10-5-11-23(25)21(19)14-15-22(20)24(17)16-6-9-18-7-3-2-4-8-18/h2-5,7-8,10,15,17,19-21H,6,9,11-14,16H2,1H3/t17?,19?,20-,21?/m0/s1. The van der Waals surface area contributed by atoms with Crippen molar-refractivity contribution in [1.29, 1.82) is 0 Å². The van der Waals surface area contributed by atoms with Gasteiger partial charge in [0.15, 0.2) is 0 Å². The van der Waals surface area contributed by atoms with Gasteiger partial charge in [-0.2, -0.15) is 0 Å². The van der Waals surface area contributed by atoms with Crippen LogP contribution in [0.2, 0.25) is 0 Å². The first kappa shape index (κ1) is 16.6. The fourth-order valence-corrected chi connectivity index (χ4v) is 5.09. The average molecular weight is 335 g/mol. The summed E-state index contributed by atoms with van der Waals surface area (Å²) in [7, 11) is 0. The zero-order chi connectivity index (χ0) is 17.2. The zero-order valence-corrected chi connectivity index (χ0v) is 15.2. The quantitative estimate of drug-likeness (QED) is 0.739. The third-order valence-corrected chi connectivity index (χ3v) is 6.45. The number of rotatable bonds is 4. The molecule has 3 aliphatic rings. The summed E-state index contributed by atoms with van der Waals surface area (Å²) in [5.74, 6) is 1.72. The van der Waals surface area contributed by atoms with Crippen molar-refractivity contribution in [3.8, 4) is 0 Å². The van der Waals surface area contributed by atoms with E-state index in [4.69, 9.17) is 0 Å². The molecule has 2 heteroatoms. The number of carbonyl (C=O) groups is 1. The lowest BCUT2D eigenvalue weighted by Crippen LogP contribution is -2.46. The Kier molecular flexibility index (Phi) is 4.78. The molecule has 132 valence electrons. The Balaban J connectivity index is 1.46. The molecule has 2 nitrogen and oxygen atoms in total.